The van der Waals surface area contributed by atoms with Crippen LogP contribution in [0.5, 0.6) is 0 Å². The zero-order valence-corrected chi connectivity index (χ0v) is 11.6. The highest BCUT2D eigenvalue weighted by Crippen LogP contribution is 2.23. The molecule has 0 radical (unpaired) electrons. The van der Waals surface area contributed by atoms with Gasteiger partial charge in [-0.1, -0.05) is 11.6 Å². The highest BCUT2D eigenvalue weighted by atomic mass is 35.5. The van der Waals surface area contributed by atoms with Gasteiger partial charge in [0.15, 0.2) is 5.82 Å². The predicted octanol–water partition coefficient (Wildman–Crippen LogP) is 0.629. The maximum absolute atomic E-state index is 13.8. The second kappa shape index (κ2) is 6.16. The molecule has 0 aliphatic heterocycles. The highest BCUT2D eigenvalue weighted by molar-refractivity contribution is 7.89. The molecule has 0 fully saturated rings. The van der Waals surface area contributed by atoms with Crippen LogP contribution in [-0.4, -0.2) is 39.1 Å². The normalized spacial score (nSPS) is 11.2. The molecule has 0 aliphatic carbocycles. The van der Waals surface area contributed by atoms with Gasteiger partial charge in [0.05, 0.1) is 12.7 Å². The summed E-state index contributed by atoms with van der Waals surface area (Å²) in [6, 6.07) is 1.52. The molecule has 0 bridgehead atoms. The molecule has 110 valence electrons. The quantitative estimate of drug-likeness (QED) is 0.768. The molecule has 1 aromatic carbocycles. The molecule has 0 unspecified atom stereocenters. The summed E-state index contributed by atoms with van der Waals surface area (Å²) in [5.74, 6) is -4.04. The van der Waals surface area contributed by atoms with Crippen molar-refractivity contribution in [3.05, 3.63) is 28.5 Å². The Morgan fingerprint density at radius 1 is 1.45 bits per heavy atom. The third-order valence-electron chi connectivity index (χ3n) is 2.16. The Balaban J connectivity index is 3.25. The van der Waals surface area contributed by atoms with Crippen molar-refractivity contribution in [2.75, 3.05) is 13.7 Å². The van der Waals surface area contributed by atoms with E-state index in [9.17, 15) is 22.4 Å². The van der Waals surface area contributed by atoms with E-state index in [1.165, 1.54) is 0 Å². The standard InChI is InChI=1S/C10H9ClFNO6S/c1-19-8(14)4-13-20(17,18)7-3-5(11)2-6(9(7)12)10(15)16/h2-3,13H,4H2,1H3,(H,15,16). The van der Waals surface area contributed by atoms with E-state index in [-0.39, 0.29) is 5.02 Å². The third-order valence-corrected chi connectivity index (χ3v) is 3.78. The zero-order chi connectivity index (χ0) is 15.5. The molecule has 0 spiro atoms. The van der Waals surface area contributed by atoms with Gasteiger partial charge in [-0.3, -0.25) is 4.79 Å². The van der Waals surface area contributed by atoms with Crippen molar-refractivity contribution >= 4 is 33.6 Å². The van der Waals surface area contributed by atoms with Crippen molar-refractivity contribution in [2.45, 2.75) is 4.90 Å². The second-order valence-electron chi connectivity index (χ2n) is 3.47. The molecule has 0 aliphatic rings. The lowest BCUT2D eigenvalue weighted by molar-refractivity contribution is -0.139. The number of rotatable bonds is 5. The van der Waals surface area contributed by atoms with Crippen molar-refractivity contribution in [3.8, 4) is 0 Å². The Bertz CT molecular complexity index is 660. The van der Waals surface area contributed by atoms with Crippen LogP contribution in [-0.2, 0) is 19.6 Å². The molecule has 20 heavy (non-hydrogen) atoms. The average molecular weight is 326 g/mol. The molecule has 1 aromatic rings. The lowest BCUT2D eigenvalue weighted by Gasteiger charge is -2.09. The molecule has 0 saturated heterocycles. The third kappa shape index (κ3) is 3.65. The Hall–Kier alpha value is -1.71. The van der Waals surface area contributed by atoms with Crippen molar-refractivity contribution in [3.63, 3.8) is 0 Å². The number of carbonyl (C=O) groups excluding carboxylic acids is 1. The van der Waals surface area contributed by atoms with E-state index in [0.717, 1.165) is 19.2 Å². The first-order valence-corrected chi connectivity index (χ1v) is 6.84. The van der Waals surface area contributed by atoms with Crippen LogP contribution < -0.4 is 4.72 Å². The van der Waals surface area contributed by atoms with Crippen molar-refractivity contribution in [1.29, 1.82) is 0 Å². The van der Waals surface area contributed by atoms with E-state index >= 15 is 0 Å². The number of ether oxygens (including phenoxy) is 1. The lowest BCUT2D eigenvalue weighted by atomic mass is 10.2. The number of carboxylic acids is 1. The predicted molar refractivity (Wildman–Crippen MR) is 65.6 cm³/mol. The summed E-state index contributed by atoms with van der Waals surface area (Å²) in [5.41, 5.74) is -0.893. The van der Waals surface area contributed by atoms with E-state index in [4.69, 9.17) is 16.7 Å². The fraction of sp³-hybridized carbons (Fsp3) is 0.200. The topological polar surface area (TPSA) is 110 Å². The molecule has 0 heterocycles. The molecular formula is C10H9ClFNO6S. The minimum Gasteiger partial charge on any atom is -0.478 e. The van der Waals surface area contributed by atoms with Gasteiger partial charge in [0.2, 0.25) is 10.0 Å². The van der Waals surface area contributed by atoms with Gasteiger partial charge in [-0.15, -0.1) is 0 Å². The van der Waals surface area contributed by atoms with Crippen LogP contribution >= 0.6 is 11.6 Å². The minimum atomic E-state index is -4.45. The minimum absolute atomic E-state index is 0.276. The molecule has 0 aromatic heterocycles. The monoisotopic (exact) mass is 325 g/mol. The maximum atomic E-state index is 13.8. The van der Waals surface area contributed by atoms with Gasteiger partial charge in [0.1, 0.15) is 11.4 Å². The van der Waals surface area contributed by atoms with E-state index in [1.807, 2.05) is 0 Å². The molecule has 1 rings (SSSR count). The average Bonchev–Trinajstić information content (AvgIpc) is 2.37. The largest absolute Gasteiger partial charge is 0.478 e. The summed E-state index contributed by atoms with van der Waals surface area (Å²) in [4.78, 5) is 20.7. The number of benzene rings is 1. The first kappa shape index (κ1) is 16.3. The van der Waals surface area contributed by atoms with E-state index < -0.39 is 44.8 Å². The maximum Gasteiger partial charge on any atom is 0.338 e. The first-order valence-electron chi connectivity index (χ1n) is 4.98. The van der Waals surface area contributed by atoms with Crippen molar-refractivity contribution in [2.24, 2.45) is 0 Å². The number of carboxylic acid groups (broad SMARTS) is 1. The van der Waals surface area contributed by atoms with Crippen LogP contribution in [0.2, 0.25) is 5.02 Å². The van der Waals surface area contributed by atoms with Crippen LogP contribution in [0.15, 0.2) is 17.0 Å². The molecule has 2 N–H and O–H groups in total. The molecule has 0 atom stereocenters. The van der Waals surface area contributed by atoms with Crippen LogP contribution in [0, 0.1) is 5.82 Å². The molecular weight excluding hydrogens is 317 g/mol. The highest BCUT2D eigenvalue weighted by Gasteiger charge is 2.25. The second-order valence-corrected chi connectivity index (χ2v) is 5.64. The summed E-state index contributed by atoms with van der Waals surface area (Å²) in [7, 11) is -3.41. The van der Waals surface area contributed by atoms with Gasteiger partial charge in [0.25, 0.3) is 0 Å². The summed E-state index contributed by atoms with van der Waals surface area (Å²) in [5, 5.41) is 8.47. The van der Waals surface area contributed by atoms with Gasteiger partial charge >= 0.3 is 11.9 Å². The lowest BCUT2D eigenvalue weighted by Crippen LogP contribution is -2.31. The smallest absolute Gasteiger partial charge is 0.338 e. The summed E-state index contributed by atoms with van der Waals surface area (Å²) in [6.45, 7) is -0.729. The summed E-state index contributed by atoms with van der Waals surface area (Å²) in [6.07, 6.45) is 0. The number of carbonyl (C=O) groups is 2. The van der Waals surface area contributed by atoms with Crippen molar-refractivity contribution < 1.29 is 32.2 Å². The first-order chi connectivity index (χ1) is 9.19. The zero-order valence-electron chi connectivity index (χ0n) is 10.0. The SMILES string of the molecule is COC(=O)CNS(=O)(=O)c1cc(Cl)cc(C(=O)O)c1F. The molecule has 7 nitrogen and oxygen atoms in total. The van der Waals surface area contributed by atoms with Crippen LogP contribution in [0.1, 0.15) is 10.4 Å². The van der Waals surface area contributed by atoms with E-state index in [1.54, 1.807) is 4.72 Å². The summed E-state index contributed by atoms with van der Waals surface area (Å²) >= 11 is 5.55. The van der Waals surface area contributed by atoms with E-state index in [0.29, 0.717) is 0 Å². The number of hydrogen-bond acceptors (Lipinski definition) is 5. The van der Waals surface area contributed by atoms with Crippen LogP contribution in [0.4, 0.5) is 4.39 Å². The summed E-state index contributed by atoms with van der Waals surface area (Å²) < 4.78 is 43.4. The fourth-order valence-electron chi connectivity index (χ4n) is 1.22. The molecule has 0 amide bonds. The molecule has 0 saturated carbocycles. The number of esters is 1. The van der Waals surface area contributed by atoms with E-state index in [2.05, 4.69) is 4.74 Å². The Morgan fingerprint density at radius 2 is 2.05 bits per heavy atom. The number of aromatic carboxylic acids is 1. The van der Waals surface area contributed by atoms with Gasteiger partial charge in [-0.2, -0.15) is 4.72 Å². The Morgan fingerprint density at radius 3 is 2.55 bits per heavy atom. The van der Waals surface area contributed by atoms with Crippen molar-refractivity contribution in [1.82, 2.24) is 4.72 Å². The number of hydrogen-bond donors (Lipinski definition) is 2. The Labute approximate surface area is 118 Å². The van der Waals surface area contributed by atoms with Gasteiger partial charge in [-0.05, 0) is 12.1 Å². The van der Waals surface area contributed by atoms with Crippen LogP contribution in [0.3, 0.4) is 0 Å². The number of methoxy groups -OCH3 is 1. The fourth-order valence-corrected chi connectivity index (χ4v) is 2.59. The number of sulfonamides is 1. The van der Waals surface area contributed by atoms with Crippen LogP contribution in [0.25, 0.3) is 0 Å². The number of nitrogens with one attached hydrogen (secondary N) is 1. The Kier molecular flexibility index (Phi) is 5.03. The van der Waals surface area contributed by atoms with Gasteiger partial charge in [-0.25, -0.2) is 17.6 Å². The van der Waals surface area contributed by atoms with Gasteiger partial charge in [0, 0.05) is 5.02 Å². The van der Waals surface area contributed by atoms with Gasteiger partial charge < -0.3 is 9.84 Å². The molecule has 10 heteroatoms. The number of halogens is 2.